The fourth-order valence-corrected chi connectivity index (χ4v) is 3.57. The van der Waals surface area contributed by atoms with Gasteiger partial charge in [0.25, 0.3) is 0 Å². The Hall–Kier alpha value is -0.120. The summed E-state index contributed by atoms with van der Waals surface area (Å²) in [7, 11) is 0. The molecule has 15 heavy (non-hydrogen) atoms. The van der Waals surface area contributed by atoms with Crippen molar-refractivity contribution >= 4 is 0 Å². The summed E-state index contributed by atoms with van der Waals surface area (Å²) < 4.78 is 5.51. The number of hydrogen-bond acceptors (Lipinski definition) is 3. The number of nitrogens with zero attached hydrogens (tertiary/aromatic N) is 1. The minimum Gasteiger partial charge on any atom is -0.379 e. The van der Waals surface area contributed by atoms with Crippen molar-refractivity contribution in [1.29, 1.82) is 0 Å². The molecule has 4 atom stereocenters. The van der Waals surface area contributed by atoms with E-state index < -0.39 is 0 Å². The van der Waals surface area contributed by atoms with E-state index in [1.807, 2.05) is 0 Å². The molecule has 2 heterocycles. The zero-order chi connectivity index (χ0) is 10.5. The minimum atomic E-state index is 0.199. The number of likely N-dealkylation sites (tertiary alicyclic amines) is 1. The Kier molecular flexibility index (Phi) is 2.31. The zero-order valence-electron chi connectivity index (χ0n) is 9.61. The molecule has 1 saturated carbocycles. The third-order valence-corrected chi connectivity index (χ3v) is 4.71. The van der Waals surface area contributed by atoms with Crippen molar-refractivity contribution < 1.29 is 4.74 Å². The first kappa shape index (κ1) is 10.1. The molecule has 2 aliphatic heterocycles. The van der Waals surface area contributed by atoms with Crippen molar-refractivity contribution in [2.24, 2.45) is 17.1 Å². The van der Waals surface area contributed by atoms with Gasteiger partial charge in [0.2, 0.25) is 0 Å². The quantitative estimate of drug-likeness (QED) is 0.734. The van der Waals surface area contributed by atoms with Crippen LogP contribution in [0.15, 0.2) is 0 Å². The van der Waals surface area contributed by atoms with Gasteiger partial charge in [-0.2, -0.15) is 0 Å². The van der Waals surface area contributed by atoms with Gasteiger partial charge in [0, 0.05) is 30.6 Å². The number of fused-ring (bicyclic) bond motifs is 2. The lowest BCUT2D eigenvalue weighted by Crippen LogP contribution is -2.48. The highest BCUT2D eigenvalue weighted by molar-refractivity contribution is 4.98. The Morgan fingerprint density at radius 3 is 2.87 bits per heavy atom. The normalized spacial score (nSPS) is 50.4. The summed E-state index contributed by atoms with van der Waals surface area (Å²) in [6.45, 7) is 6.35. The Bertz CT molecular complexity index is 258. The molecule has 1 aliphatic carbocycles. The molecule has 0 amide bonds. The van der Waals surface area contributed by atoms with Crippen LogP contribution in [0.5, 0.6) is 0 Å². The Morgan fingerprint density at radius 2 is 2.33 bits per heavy atom. The second-order valence-electron chi connectivity index (χ2n) is 6.04. The molecule has 0 radical (unpaired) electrons. The predicted octanol–water partition coefficient (Wildman–Crippen LogP) is 0.835. The van der Waals surface area contributed by atoms with Crippen molar-refractivity contribution in [2.75, 3.05) is 26.3 Å². The van der Waals surface area contributed by atoms with Crippen LogP contribution >= 0.6 is 0 Å². The van der Waals surface area contributed by atoms with Gasteiger partial charge in [0.15, 0.2) is 0 Å². The molecular weight excluding hydrogens is 188 g/mol. The van der Waals surface area contributed by atoms with Crippen LogP contribution in [0, 0.1) is 11.3 Å². The second-order valence-corrected chi connectivity index (χ2v) is 6.04. The lowest BCUT2D eigenvalue weighted by atomic mass is 9.85. The van der Waals surface area contributed by atoms with E-state index in [4.69, 9.17) is 10.5 Å². The van der Waals surface area contributed by atoms with E-state index in [2.05, 4.69) is 11.8 Å². The maximum absolute atomic E-state index is 6.14. The van der Waals surface area contributed by atoms with Crippen molar-refractivity contribution in [2.45, 2.75) is 38.3 Å². The summed E-state index contributed by atoms with van der Waals surface area (Å²) in [5.74, 6) is 0.983. The Balaban J connectivity index is 1.65. The van der Waals surface area contributed by atoms with Gasteiger partial charge in [-0.1, -0.05) is 6.92 Å². The van der Waals surface area contributed by atoms with E-state index in [-0.39, 0.29) is 11.5 Å². The van der Waals surface area contributed by atoms with Crippen LogP contribution in [0.25, 0.3) is 0 Å². The van der Waals surface area contributed by atoms with E-state index in [0.29, 0.717) is 0 Å². The van der Waals surface area contributed by atoms with E-state index in [9.17, 15) is 0 Å². The molecule has 4 unspecified atom stereocenters. The predicted molar refractivity (Wildman–Crippen MR) is 59.6 cm³/mol. The van der Waals surface area contributed by atoms with Crippen LogP contribution in [0.3, 0.4) is 0 Å². The summed E-state index contributed by atoms with van der Waals surface area (Å²) in [5, 5.41) is 0. The summed E-state index contributed by atoms with van der Waals surface area (Å²) in [6.07, 6.45) is 4.31. The topological polar surface area (TPSA) is 38.5 Å². The molecule has 0 aromatic rings. The van der Waals surface area contributed by atoms with Crippen LogP contribution in [0.4, 0.5) is 0 Å². The molecule has 0 aromatic carbocycles. The van der Waals surface area contributed by atoms with E-state index in [1.54, 1.807) is 0 Å². The highest BCUT2D eigenvalue weighted by Gasteiger charge is 2.44. The Morgan fingerprint density at radius 1 is 1.47 bits per heavy atom. The largest absolute Gasteiger partial charge is 0.379 e. The van der Waals surface area contributed by atoms with Crippen LogP contribution < -0.4 is 5.73 Å². The van der Waals surface area contributed by atoms with Crippen molar-refractivity contribution in [3.05, 3.63) is 0 Å². The molecule has 3 fully saturated rings. The number of rotatable bonds is 2. The molecule has 2 N–H and O–H groups in total. The second kappa shape index (κ2) is 3.44. The highest BCUT2D eigenvalue weighted by atomic mass is 16.5. The minimum absolute atomic E-state index is 0.199. The number of nitrogens with two attached hydrogens (primary N) is 1. The van der Waals surface area contributed by atoms with Gasteiger partial charge in [-0.3, -0.25) is 4.90 Å². The summed E-state index contributed by atoms with van der Waals surface area (Å²) in [4.78, 5) is 2.67. The van der Waals surface area contributed by atoms with Crippen LogP contribution in [0.2, 0.25) is 0 Å². The standard InChI is InChI=1S/C12H22N2O/c1-12(8-15-6-11(12)13)7-14-5-9-2-3-10(14)4-9/h9-11H,2-8,13H2,1H3. The van der Waals surface area contributed by atoms with Crippen LogP contribution in [-0.4, -0.2) is 43.3 Å². The maximum atomic E-state index is 6.14. The molecular formula is C12H22N2O. The third kappa shape index (κ3) is 1.61. The van der Waals surface area contributed by atoms with Gasteiger partial charge in [-0.15, -0.1) is 0 Å². The monoisotopic (exact) mass is 210 g/mol. The fourth-order valence-electron chi connectivity index (χ4n) is 3.57. The van der Waals surface area contributed by atoms with E-state index in [0.717, 1.165) is 31.7 Å². The first-order chi connectivity index (χ1) is 7.17. The van der Waals surface area contributed by atoms with E-state index in [1.165, 1.54) is 25.8 Å². The molecule has 2 saturated heterocycles. The molecule has 0 aromatic heterocycles. The molecule has 86 valence electrons. The third-order valence-electron chi connectivity index (χ3n) is 4.71. The molecule has 2 bridgehead atoms. The van der Waals surface area contributed by atoms with Crippen molar-refractivity contribution in [1.82, 2.24) is 4.90 Å². The molecule has 3 nitrogen and oxygen atoms in total. The van der Waals surface area contributed by atoms with E-state index >= 15 is 0 Å². The Labute approximate surface area is 91.9 Å². The van der Waals surface area contributed by atoms with Crippen molar-refractivity contribution in [3.63, 3.8) is 0 Å². The zero-order valence-corrected chi connectivity index (χ0v) is 9.61. The summed E-state index contributed by atoms with van der Waals surface area (Å²) in [6, 6.07) is 1.09. The lowest BCUT2D eigenvalue weighted by Gasteiger charge is -2.36. The van der Waals surface area contributed by atoms with Gasteiger partial charge in [0.05, 0.1) is 13.2 Å². The average molecular weight is 210 g/mol. The van der Waals surface area contributed by atoms with Gasteiger partial charge < -0.3 is 10.5 Å². The smallest absolute Gasteiger partial charge is 0.0624 e. The lowest BCUT2D eigenvalue weighted by molar-refractivity contribution is 0.101. The van der Waals surface area contributed by atoms with Crippen LogP contribution in [-0.2, 0) is 4.74 Å². The average Bonchev–Trinajstić information content (AvgIpc) is 2.84. The maximum Gasteiger partial charge on any atom is 0.0624 e. The van der Waals surface area contributed by atoms with Crippen LogP contribution in [0.1, 0.15) is 26.2 Å². The van der Waals surface area contributed by atoms with Gasteiger partial charge in [0.1, 0.15) is 0 Å². The summed E-state index contributed by atoms with van der Waals surface area (Å²) in [5.41, 5.74) is 6.34. The van der Waals surface area contributed by atoms with Gasteiger partial charge >= 0.3 is 0 Å². The SMILES string of the molecule is CC1(CN2CC3CCC2C3)COCC1N. The molecule has 3 heteroatoms. The first-order valence-corrected chi connectivity index (χ1v) is 6.25. The molecule has 3 aliphatic rings. The van der Waals surface area contributed by atoms with Gasteiger partial charge in [-0.05, 0) is 25.2 Å². The molecule has 0 spiro atoms. The fraction of sp³-hybridized carbons (Fsp3) is 1.00. The number of piperidine rings is 1. The number of ether oxygens (including phenoxy) is 1. The van der Waals surface area contributed by atoms with Crippen molar-refractivity contribution in [3.8, 4) is 0 Å². The van der Waals surface area contributed by atoms with Gasteiger partial charge in [-0.25, -0.2) is 0 Å². The summed E-state index contributed by atoms with van der Waals surface area (Å²) >= 11 is 0. The first-order valence-electron chi connectivity index (χ1n) is 6.25. The number of hydrogen-bond donors (Lipinski definition) is 1. The highest BCUT2D eigenvalue weighted by Crippen LogP contribution is 2.40. The molecule has 3 rings (SSSR count).